The number of thioether (sulfide) groups is 16. The van der Waals surface area contributed by atoms with E-state index in [4.69, 9.17) is 0 Å². The molecule has 0 amide bonds. The molecule has 0 atom stereocenters. The van der Waals surface area contributed by atoms with Gasteiger partial charge in [-0.25, -0.2) is 0 Å². The molecule has 6 heterocycles. The summed E-state index contributed by atoms with van der Waals surface area (Å²) < 4.78 is 20.9. The van der Waals surface area contributed by atoms with Crippen LogP contribution >= 0.6 is 188 Å². The highest BCUT2D eigenvalue weighted by Gasteiger charge is 2.37. The van der Waals surface area contributed by atoms with Crippen LogP contribution in [0.1, 0.15) is 49.9 Å². The van der Waals surface area contributed by atoms with E-state index in [1.54, 1.807) is 11.1 Å². The van der Waals surface area contributed by atoms with Crippen molar-refractivity contribution in [1.82, 2.24) is 0 Å². The number of hydrogen-bond acceptors (Lipinski definition) is 16. The van der Waals surface area contributed by atoms with Crippen molar-refractivity contribution in [2.75, 3.05) is 23.0 Å². The molecule has 0 nitrogen and oxygen atoms in total. The van der Waals surface area contributed by atoms with Gasteiger partial charge in [0.05, 0.1) is 59.3 Å². The molecule has 0 radical (unpaired) electrons. The lowest BCUT2D eigenvalue weighted by Crippen LogP contribution is -2.02. The molecule has 0 fully saturated rings. The van der Waals surface area contributed by atoms with Gasteiger partial charge in [0.1, 0.15) is 0 Å². The van der Waals surface area contributed by atoms with Crippen molar-refractivity contribution in [3.63, 3.8) is 0 Å². The van der Waals surface area contributed by atoms with E-state index < -0.39 is 0 Å². The number of allylic oxidation sites excluding steroid dienone is 2. The minimum absolute atomic E-state index is 0.998. The number of hydrogen-bond donors (Lipinski definition) is 0. The van der Waals surface area contributed by atoms with E-state index >= 15 is 0 Å². The highest BCUT2D eigenvalue weighted by atomic mass is 32.3. The van der Waals surface area contributed by atoms with Crippen molar-refractivity contribution < 1.29 is 0 Å². The third-order valence-corrected chi connectivity index (χ3v) is 31.8. The first-order valence-corrected chi connectivity index (χ1v) is 31.9. The predicted molar refractivity (Wildman–Crippen MR) is 288 cm³/mol. The summed E-state index contributed by atoms with van der Waals surface area (Å²) in [5.74, 6) is 4.53. The van der Waals surface area contributed by atoms with Gasteiger partial charge in [-0.3, -0.25) is 0 Å². The van der Waals surface area contributed by atoms with Crippen LogP contribution in [0.25, 0.3) is 0 Å². The quantitative estimate of drug-likeness (QED) is 0.246. The minimum Gasteiger partial charge on any atom is -0.118 e. The highest BCUT2D eigenvalue weighted by Crippen LogP contribution is 2.72. The first kappa shape index (κ1) is 43.2. The Labute approximate surface area is 400 Å². The summed E-state index contributed by atoms with van der Waals surface area (Å²) in [7, 11) is 0. The Bertz CT molecular complexity index is 1890. The van der Waals surface area contributed by atoms with E-state index in [0.29, 0.717) is 0 Å². The average molecular weight is 1030 g/mol. The van der Waals surface area contributed by atoms with Crippen LogP contribution in [0.4, 0.5) is 0 Å². The Kier molecular flexibility index (Phi) is 15.6. The Morgan fingerprint density at radius 3 is 0.714 bits per heavy atom. The van der Waals surface area contributed by atoms with Crippen molar-refractivity contribution in [3.8, 4) is 0 Å². The molecule has 0 spiro atoms. The molecular formula is C40H36S16. The van der Waals surface area contributed by atoms with Crippen LogP contribution in [-0.2, 0) is 25.7 Å². The molecule has 4 aliphatic carbocycles. The maximum atomic E-state index is 2.40. The Balaban J connectivity index is 0.894. The molecule has 4 bridgehead atoms. The minimum atomic E-state index is 0.998. The van der Waals surface area contributed by atoms with Crippen LogP contribution in [0.3, 0.4) is 0 Å². The molecule has 2 aromatic rings. The summed E-state index contributed by atoms with van der Waals surface area (Å²) >= 11 is 32.2. The van der Waals surface area contributed by atoms with Gasteiger partial charge in [0.2, 0.25) is 0 Å². The number of rotatable bonds is 8. The third kappa shape index (κ3) is 10.0. The second kappa shape index (κ2) is 20.2. The Morgan fingerprint density at radius 2 is 0.500 bits per heavy atom. The molecule has 56 heavy (non-hydrogen) atoms. The SMILES string of the molecule is CCSC1=C(SCC)SC(=C2SC3=C(SC(=C4Cc5ccc(cc5)CC(=C5SC6=C(S5)SC(=C5SC(SCC)=C(SCC)S5)S6)Cc5ccc(cc5)C4)S3)S2)S1. The van der Waals surface area contributed by atoms with Crippen LogP contribution < -0.4 is 0 Å². The standard InChI is InChI=1S/C40H36S16/c1-5-41-29-30(42-6-2)50-37(49-29)39-53-33-34(54-39)46-27(45-33)25-17-21-9-13-23(14-10-21)19-26(20-24-15-11-22(18-25)12-16-24)28-47-35-36(48-28)56-40(55-35)38-51-31(43-7-3)32(52-38)44-8-4/h9-16H,5-8,17-20H2,1-4H3. The molecule has 292 valence electrons. The van der Waals surface area contributed by atoms with Crippen LogP contribution in [0.2, 0.25) is 0 Å². The molecule has 0 saturated carbocycles. The smallest absolute Gasteiger partial charge is 0.0718 e. The summed E-state index contributed by atoms with van der Waals surface area (Å²) in [6, 6.07) is 19.2. The average Bonchev–Trinajstić information content (AvgIpc) is 4.04. The summed E-state index contributed by atoms with van der Waals surface area (Å²) in [6.07, 6.45) is 3.99. The zero-order chi connectivity index (χ0) is 38.2. The van der Waals surface area contributed by atoms with Gasteiger partial charge in [-0.1, -0.05) is 217 Å². The molecule has 10 aliphatic rings. The second-order valence-electron chi connectivity index (χ2n) is 12.5. The molecule has 16 heteroatoms. The molecule has 6 aliphatic heterocycles. The molecule has 0 unspecified atom stereocenters. The zero-order valence-corrected chi connectivity index (χ0v) is 43.9. The lowest BCUT2D eigenvalue weighted by molar-refractivity contribution is 1.00. The lowest BCUT2D eigenvalue weighted by Gasteiger charge is -2.17. The van der Waals surface area contributed by atoms with Crippen LogP contribution in [0.5, 0.6) is 0 Å². The van der Waals surface area contributed by atoms with Gasteiger partial charge in [0, 0.05) is 0 Å². The largest absolute Gasteiger partial charge is 0.118 e. The molecular weight excluding hydrogens is 994 g/mol. The van der Waals surface area contributed by atoms with Gasteiger partial charge in [0.25, 0.3) is 0 Å². The van der Waals surface area contributed by atoms with E-state index in [1.165, 1.54) is 81.6 Å². The van der Waals surface area contributed by atoms with Crippen molar-refractivity contribution in [3.05, 3.63) is 141 Å². The normalized spacial score (nSPS) is 21.5. The van der Waals surface area contributed by atoms with Crippen LogP contribution in [-0.4, -0.2) is 23.0 Å². The second-order valence-corrected chi connectivity index (χ2v) is 33.5. The van der Waals surface area contributed by atoms with Gasteiger partial charge in [-0.15, -0.1) is 47.0 Å². The number of benzene rings is 2. The first-order valence-electron chi connectivity index (χ1n) is 18.2. The summed E-state index contributed by atoms with van der Waals surface area (Å²) in [5, 5.41) is 0. The first-order chi connectivity index (χ1) is 27.5. The topological polar surface area (TPSA) is 0 Å². The Hall–Kier alpha value is 1.96. The van der Waals surface area contributed by atoms with Crippen molar-refractivity contribution in [1.29, 1.82) is 0 Å². The van der Waals surface area contributed by atoms with E-state index in [1.807, 2.05) is 188 Å². The highest BCUT2D eigenvalue weighted by molar-refractivity contribution is 8.51. The molecule has 2 aromatic carbocycles. The lowest BCUT2D eigenvalue weighted by atomic mass is 9.94. The predicted octanol–water partition coefficient (Wildman–Crippen LogP) is 18.6. The van der Waals surface area contributed by atoms with E-state index in [9.17, 15) is 0 Å². The van der Waals surface area contributed by atoms with Crippen molar-refractivity contribution >= 4 is 188 Å². The summed E-state index contributed by atoms with van der Waals surface area (Å²) in [6.45, 7) is 9.06. The monoisotopic (exact) mass is 1030 g/mol. The molecule has 0 saturated heterocycles. The maximum Gasteiger partial charge on any atom is 0.0718 e. The van der Waals surface area contributed by atoms with E-state index in [-0.39, 0.29) is 0 Å². The fourth-order valence-corrected chi connectivity index (χ4v) is 30.9. The van der Waals surface area contributed by atoms with Gasteiger partial charge in [-0.2, -0.15) is 0 Å². The van der Waals surface area contributed by atoms with Gasteiger partial charge in [-0.05, 0) is 82.1 Å². The fourth-order valence-electron chi connectivity index (χ4n) is 6.17. The van der Waals surface area contributed by atoms with Crippen molar-refractivity contribution in [2.24, 2.45) is 0 Å². The zero-order valence-electron chi connectivity index (χ0n) is 30.8. The van der Waals surface area contributed by atoms with Gasteiger partial charge < -0.3 is 0 Å². The van der Waals surface area contributed by atoms with Crippen molar-refractivity contribution in [2.45, 2.75) is 53.4 Å². The van der Waals surface area contributed by atoms with Crippen LogP contribution in [0, 0.1) is 0 Å². The van der Waals surface area contributed by atoms with E-state index in [0.717, 1.165) is 48.7 Å². The van der Waals surface area contributed by atoms with Gasteiger partial charge >= 0.3 is 0 Å². The summed E-state index contributed by atoms with van der Waals surface area (Å²) in [4.78, 5) is 0. The van der Waals surface area contributed by atoms with E-state index in [2.05, 4.69) is 76.2 Å². The van der Waals surface area contributed by atoms with Gasteiger partial charge in [0.15, 0.2) is 0 Å². The maximum absolute atomic E-state index is 2.40. The molecule has 0 N–H and O–H groups in total. The molecule has 12 rings (SSSR count). The molecule has 0 aromatic heterocycles. The third-order valence-electron chi connectivity index (χ3n) is 8.62. The van der Waals surface area contributed by atoms with Crippen LogP contribution in [0.15, 0.2) is 119 Å². The fraction of sp³-hybridized carbons (Fsp3) is 0.300. The summed E-state index contributed by atoms with van der Waals surface area (Å²) in [5.41, 5.74) is 8.76. The Morgan fingerprint density at radius 1 is 0.304 bits per heavy atom.